The van der Waals surface area contributed by atoms with E-state index in [1.807, 2.05) is 46.2 Å². The Bertz CT molecular complexity index is 1130. The molecular weight excluding hydrogens is 438 g/mol. The maximum atomic E-state index is 12.1. The summed E-state index contributed by atoms with van der Waals surface area (Å²) in [5, 5.41) is 9.92. The van der Waals surface area contributed by atoms with Crippen molar-refractivity contribution in [2.45, 2.75) is 39.5 Å². The first kappa shape index (κ1) is 23.0. The van der Waals surface area contributed by atoms with Gasteiger partial charge in [-0.2, -0.15) is 0 Å². The van der Waals surface area contributed by atoms with Gasteiger partial charge in [0.15, 0.2) is 0 Å². The number of carboxylic acids is 1. The Morgan fingerprint density at radius 2 is 1.20 bits per heavy atom. The van der Waals surface area contributed by atoms with Gasteiger partial charge in [0.25, 0.3) is 0 Å². The van der Waals surface area contributed by atoms with Crippen LogP contribution in [0.5, 0.6) is 0 Å². The third-order valence-electron chi connectivity index (χ3n) is 6.24. The molecule has 0 amide bonds. The number of rotatable bonds is 9. The number of unbranched alkanes of at least 4 members (excludes halogenated alkanes) is 2. The molecule has 2 aliphatic heterocycles. The summed E-state index contributed by atoms with van der Waals surface area (Å²) in [6, 6.07) is 19.3. The number of pyridine rings is 1. The first-order chi connectivity index (χ1) is 17.1. The van der Waals surface area contributed by atoms with Gasteiger partial charge in [0, 0.05) is 13.1 Å². The lowest BCUT2D eigenvalue weighted by Gasteiger charge is -2.22. The monoisotopic (exact) mass is 467 g/mol. The molecular formula is C28H29N5O2. The van der Waals surface area contributed by atoms with Crippen molar-refractivity contribution in [2.75, 3.05) is 32.7 Å². The summed E-state index contributed by atoms with van der Waals surface area (Å²) in [6.07, 6.45) is 4.22. The van der Waals surface area contributed by atoms with Crippen molar-refractivity contribution < 1.29 is 9.90 Å². The first-order valence-electron chi connectivity index (χ1n) is 12.2. The van der Waals surface area contributed by atoms with E-state index in [1.54, 1.807) is 12.1 Å². The molecule has 35 heavy (non-hydrogen) atoms. The minimum Gasteiger partial charge on any atom is -0.478 e. The summed E-state index contributed by atoms with van der Waals surface area (Å²) in [5.74, 6) is 0.0239. The summed E-state index contributed by atoms with van der Waals surface area (Å²) in [7, 11) is 0. The van der Waals surface area contributed by atoms with Crippen LogP contribution in [0.15, 0.2) is 60.7 Å². The molecule has 3 heterocycles. The van der Waals surface area contributed by atoms with Crippen molar-refractivity contribution in [3.63, 3.8) is 0 Å². The fourth-order valence-corrected chi connectivity index (χ4v) is 4.40. The second kappa shape index (κ2) is 9.86. The average Bonchev–Trinajstić information content (AvgIpc) is 3.45. The molecule has 0 saturated heterocycles. The van der Waals surface area contributed by atoms with Crippen molar-refractivity contribution in [1.29, 1.82) is 0 Å². The van der Waals surface area contributed by atoms with E-state index in [0.29, 0.717) is 11.6 Å². The van der Waals surface area contributed by atoms with Gasteiger partial charge in [-0.1, -0.05) is 51.0 Å². The molecule has 0 fully saturated rings. The number of aromatic nitrogens is 1. The molecule has 0 aliphatic carbocycles. The van der Waals surface area contributed by atoms with Gasteiger partial charge in [-0.05, 0) is 49.2 Å². The lowest BCUT2D eigenvalue weighted by molar-refractivity contribution is 0.0697. The van der Waals surface area contributed by atoms with Crippen LogP contribution >= 0.6 is 0 Å². The normalized spacial score (nSPS) is 14.5. The van der Waals surface area contributed by atoms with E-state index in [0.717, 1.165) is 61.5 Å². The predicted molar refractivity (Wildman–Crippen MR) is 139 cm³/mol. The molecule has 3 aromatic rings. The van der Waals surface area contributed by atoms with E-state index in [9.17, 15) is 9.90 Å². The van der Waals surface area contributed by atoms with Crippen LogP contribution in [0.1, 0.15) is 49.9 Å². The highest BCUT2D eigenvalue weighted by Gasteiger charge is 2.33. The number of carbonyl (C=O) groups is 1. The zero-order valence-corrected chi connectivity index (χ0v) is 20.1. The molecule has 5 rings (SSSR count). The molecule has 0 unspecified atom stereocenters. The Morgan fingerprint density at radius 3 is 1.60 bits per heavy atom. The first-order valence-corrected chi connectivity index (χ1v) is 12.2. The maximum absolute atomic E-state index is 12.1. The van der Waals surface area contributed by atoms with E-state index in [-0.39, 0.29) is 5.56 Å². The Morgan fingerprint density at radius 1 is 0.771 bits per heavy atom. The number of fused-ring (bicyclic) bond motifs is 2. The SMILES string of the molecule is CCCCN1[C]N(c2cc(C(=O)O)cc(N3[C]N(CCCC)c4ccccc43)n2)c2ccccc21. The minimum atomic E-state index is -0.999. The third-order valence-corrected chi connectivity index (χ3v) is 6.24. The Kier molecular flexibility index (Phi) is 6.49. The van der Waals surface area contributed by atoms with Crippen LogP contribution in [0.2, 0.25) is 0 Å². The van der Waals surface area contributed by atoms with Crippen molar-refractivity contribution in [3.8, 4) is 0 Å². The van der Waals surface area contributed by atoms with E-state index in [1.165, 1.54) is 0 Å². The summed E-state index contributed by atoms with van der Waals surface area (Å²) < 4.78 is 0. The predicted octanol–water partition coefficient (Wildman–Crippen LogP) is 6.29. The highest BCUT2D eigenvalue weighted by Crippen LogP contribution is 2.45. The Hall–Kier alpha value is -3.74. The zero-order valence-electron chi connectivity index (χ0n) is 20.1. The highest BCUT2D eigenvalue weighted by molar-refractivity contribution is 5.93. The Balaban J connectivity index is 1.54. The van der Waals surface area contributed by atoms with Crippen molar-refractivity contribution in [2.24, 2.45) is 0 Å². The summed E-state index contributed by atoms with van der Waals surface area (Å²) >= 11 is 0. The van der Waals surface area contributed by atoms with Crippen LogP contribution < -0.4 is 19.6 Å². The molecule has 1 aromatic heterocycles. The molecule has 7 heteroatoms. The van der Waals surface area contributed by atoms with E-state index < -0.39 is 5.97 Å². The second-order valence-corrected chi connectivity index (χ2v) is 8.74. The lowest BCUT2D eigenvalue weighted by atomic mass is 10.2. The number of nitrogens with zero attached hydrogens (tertiary/aromatic N) is 5. The van der Waals surface area contributed by atoms with Crippen LogP contribution in [0.3, 0.4) is 0 Å². The number of para-hydroxylation sites is 4. The maximum Gasteiger partial charge on any atom is 0.335 e. The fraction of sp³-hybridized carbons (Fsp3) is 0.286. The number of carboxylic acid groups (broad SMARTS) is 1. The fourth-order valence-electron chi connectivity index (χ4n) is 4.40. The molecule has 2 aromatic carbocycles. The van der Waals surface area contributed by atoms with Crippen LogP contribution in [0.4, 0.5) is 34.4 Å². The number of anilines is 6. The molecule has 1 N–H and O–H groups in total. The number of benzene rings is 2. The molecule has 178 valence electrons. The number of hydrogen-bond donors (Lipinski definition) is 1. The quantitative estimate of drug-likeness (QED) is 0.397. The van der Waals surface area contributed by atoms with Gasteiger partial charge in [-0.25, -0.2) is 9.78 Å². The van der Waals surface area contributed by atoms with Gasteiger partial charge in [-0.3, -0.25) is 9.80 Å². The van der Waals surface area contributed by atoms with E-state index in [2.05, 4.69) is 49.1 Å². The van der Waals surface area contributed by atoms with Gasteiger partial charge in [-0.15, -0.1) is 0 Å². The van der Waals surface area contributed by atoms with Crippen LogP contribution in [-0.4, -0.2) is 29.1 Å². The van der Waals surface area contributed by atoms with Gasteiger partial charge < -0.3 is 14.9 Å². The molecule has 4 radical (unpaired) electrons. The molecule has 0 saturated carbocycles. The summed E-state index contributed by atoms with van der Waals surface area (Å²) in [6.45, 7) is 12.8. The van der Waals surface area contributed by atoms with E-state index >= 15 is 0 Å². The zero-order chi connectivity index (χ0) is 24.4. The topological polar surface area (TPSA) is 63.2 Å². The summed E-state index contributed by atoms with van der Waals surface area (Å²) in [4.78, 5) is 24.9. The van der Waals surface area contributed by atoms with Gasteiger partial charge in [0.05, 0.1) is 28.3 Å². The molecule has 0 bridgehead atoms. The second-order valence-electron chi connectivity index (χ2n) is 8.74. The Labute approximate surface area is 207 Å². The third kappa shape index (κ3) is 4.38. The standard InChI is InChI=1S/C28H29N5O2/c1-3-5-15-30-19-32(24-13-9-7-11-22(24)30)26-17-21(28(34)35)18-27(29-26)33-20-31(16-6-4-2)23-12-8-10-14-25(23)33/h7-14,17-18H,3-6,15-16H2,1-2H3,(H,34,35). The van der Waals surface area contributed by atoms with Gasteiger partial charge >= 0.3 is 5.97 Å². The highest BCUT2D eigenvalue weighted by atomic mass is 16.4. The largest absolute Gasteiger partial charge is 0.478 e. The average molecular weight is 468 g/mol. The van der Waals surface area contributed by atoms with Gasteiger partial charge in [0.2, 0.25) is 13.3 Å². The molecule has 0 spiro atoms. The number of hydrogen-bond acceptors (Lipinski definition) is 6. The smallest absolute Gasteiger partial charge is 0.335 e. The molecule has 2 aliphatic rings. The van der Waals surface area contributed by atoms with Gasteiger partial charge in [0.1, 0.15) is 11.6 Å². The van der Waals surface area contributed by atoms with Crippen molar-refractivity contribution in [3.05, 3.63) is 79.6 Å². The van der Waals surface area contributed by atoms with Crippen molar-refractivity contribution in [1.82, 2.24) is 4.98 Å². The van der Waals surface area contributed by atoms with Crippen molar-refractivity contribution >= 4 is 40.4 Å². The van der Waals surface area contributed by atoms with E-state index in [4.69, 9.17) is 4.98 Å². The minimum absolute atomic E-state index is 0.169. The molecule has 7 nitrogen and oxygen atoms in total. The summed E-state index contributed by atoms with van der Waals surface area (Å²) in [5.41, 5.74) is 4.12. The van der Waals surface area contributed by atoms with Crippen LogP contribution in [0.25, 0.3) is 0 Å². The molecule has 0 atom stereocenters. The van der Waals surface area contributed by atoms with Crippen LogP contribution in [0, 0.1) is 13.3 Å². The van der Waals surface area contributed by atoms with Crippen LogP contribution in [-0.2, 0) is 0 Å². The lowest BCUT2D eigenvalue weighted by Crippen LogP contribution is -2.25. The number of aromatic carboxylic acids is 1.